The number of esters is 1. The van der Waals surface area contributed by atoms with Gasteiger partial charge >= 0.3 is 5.97 Å². The van der Waals surface area contributed by atoms with Crippen molar-refractivity contribution in [1.82, 2.24) is 0 Å². The van der Waals surface area contributed by atoms with Gasteiger partial charge in [0.2, 0.25) is 0 Å². The first-order chi connectivity index (χ1) is 17.0. The Labute approximate surface area is 211 Å². The van der Waals surface area contributed by atoms with Gasteiger partial charge in [0.1, 0.15) is 28.2 Å². The first-order valence-corrected chi connectivity index (χ1v) is 14.0. The number of phenols is 1. The normalized spacial score (nSPS) is 11.3. The summed E-state index contributed by atoms with van der Waals surface area (Å²) < 4.78 is 10.8. The molecule has 0 amide bonds. The van der Waals surface area contributed by atoms with Gasteiger partial charge in [-0.15, -0.1) is 0 Å². The van der Waals surface area contributed by atoms with Gasteiger partial charge in [0.25, 0.3) is 0 Å². The third-order valence-corrected chi connectivity index (χ3v) is 6.62. The number of hydrogen-bond acceptors (Lipinski definition) is 5. The second-order valence-electron chi connectivity index (χ2n) is 9.89. The number of carbonyl (C=O) groups is 1. The van der Waals surface area contributed by atoms with Crippen molar-refractivity contribution in [3.63, 3.8) is 0 Å². The molecular formula is C30H46O5. The lowest BCUT2D eigenvalue weighted by atomic mass is 10.0. The summed E-state index contributed by atoms with van der Waals surface area (Å²) in [4.78, 5) is 23.6. The minimum Gasteiger partial charge on any atom is -0.507 e. The maximum Gasteiger partial charge on any atom is 0.308 e. The van der Waals surface area contributed by atoms with Gasteiger partial charge < -0.3 is 14.3 Å². The van der Waals surface area contributed by atoms with E-state index in [-0.39, 0.29) is 27.9 Å². The summed E-state index contributed by atoms with van der Waals surface area (Å²) in [6.07, 6.45) is 23.2. The molecule has 0 radical (unpaired) electrons. The summed E-state index contributed by atoms with van der Waals surface area (Å²) in [5, 5.41) is 10.2. The molecule has 0 aliphatic carbocycles. The van der Waals surface area contributed by atoms with Crippen LogP contribution in [0.25, 0.3) is 11.0 Å². The summed E-state index contributed by atoms with van der Waals surface area (Å²) in [6.45, 7) is 3.56. The third-order valence-electron chi connectivity index (χ3n) is 6.62. The lowest BCUT2D eigenvalue weighted by Crippen LogP contribution is -2.05. The third kappa shape index (κ3) is 11.8. The molecule has 0 bridgehead atoms. The van der Waals surface area contributed by atoms with Crippen LogP contribution in [0, 0.1) is 0 Å². The van der Waals surface area contributed by atoms with Crippen molar-refractivity contribution < 1.29 is 19.1 Å². The molecule has 5 heteroatoms. The van der Waals surface area contributed by atoms with Gasteiger partial charge in [0.05, 0.1) is 0 Å². The highest BCUT2D eigenvalue weighted by Gasteiger charge is 2.12. The fraction of sp³-hybridized carbons (Fsp3) is 0.667. The maximum absolute atomic E-state index is 12.4. The molecule has 0 unspecified atom stereocenters. The smallest absolute Gasteiger partial charge is 0.308 e. The summed E-state index contributed by atoms with van der Waals surface area (Å²) in [5.41, 5.74) is -0.0316. The van der Waals surface area contributed by atoms with Crippen LogP contribution in [-0.2, 0) is 11.2 Å². The molecule has 2 rings (SSSR count). The van der Waals surface area contributed by atoms with Crippen LogP contribution in [0.4, 0.5) is 0 Å². The number of phenolic OH excluding ortho intramolecular Hbond substituents is 1. The van der Waals surface area contributed by atoms with E-state index in [0.29, 0.717) is 12.2 Å². The van der Waals surface area contributed by atoms with E-state index in [1.165, 1.54) is 121 Å². The Bertz CT molecular complexity index is 930. The van der Waals surface area contributed by atoms with E-state index < -0.39 is 5.97 Å². The Morgan fingerprint density at radius 1 is 0.771 bits per heavy atom. The van der Waals surface area contributed by atoms with E-state index in [0.717, 1.165) is 12.8 Å². The van der Waals surface area contributed by atoms with Gasteiger partial charge in [-0.3, -0.25) is 9.59 Å². The molecule has 35 heavy (non-hydrogen) atoms. The molecule has 0 aliphatic rings. The van der Waals surface area contributed by atoms with Crippen molar-refractivity contribution in [2.24, 2.45) is 0 Å². The standard InChI is InChI=1S/C30H46O5/c1-3-4-5-6-7-8-9-10-11-12-13-14-15-16-17-18-19-20-25-21-27(32)30-28(33)22-26(34-24(2)31)23-29(30)35-25/h21-23,33H,3-20H2,1-2H3. The van der Waals surface area contributed by atoms with E-state index >= 15 is 0 Å². The molecule has 5 nitrogen and oxygen atoms in total. The number of carbonyl (C=O) groups excluding carboxylic acids is 1. The number of rotatable bonds is 19. The summed E-state index contributed by atoms with van der Waals surface area (Å²) in [6, 6.07) is 4.20. The molecule has 196 valence electrons. The highest BCUT2D eigenvalue weighted by molar-refractivity contribution is 5.85. The van der Waals surface area contributed by atoms with Crippen LogP contribution in [0.15, 0.2) is 27.4 Å². The zero-order valence-corrected chi connectivity index (χ0v) is 22.0. The van der Waals surface area contributed by atoms with E-state index in [4.69, 9.17) is 9.15 Å². The van der Waals surface area contributed by atoms with E-state index in [2.05, 4.69) is 6.92 Å². The topological polar surface area (TPSA) is 76.7 Å². The van der Waals surface area contributed by atoms with Crippen molar-refractivity contribution in [1.29, 1.82) is 0 Å². The van der Waals surface area contributed by atoms with Gasteiger partial charge in [-0.25, -0.2) is 0 Å². The van der Waals surface area contributed by atoms with Gasteiger partial charge in [0, 0.05) is 31.5 Å². The zero-order valence-electron chi connectivity index (χ0n) is 22.0. The van der Waals surface area contributed by atoms with Crippen LogP contribution >= 0.6 is 0 Å². The fourth-order valence-electron chi connectivity index (χ4n) is 4.67. The van der Waals surface area contributed by atoms with Crippen LogP contribution < -0.4 is 10.2 Å². The average Bonchev–Trinajstić information content (AvgIpc) is 2.80. The zero-order chi connectivity index (χ0) is 25.3. The van der Waals surface area contributed by atoms with Crippen LogP contribution in [0.2, 0.25) is 0 Å². The molecule has 1 aromatic carbocycles. The first kappa shape index (κ1) is 28.9. The van der Waals surface area contributed by atoms with Crippen LogP contribution in [0.3, 0.4) is 0 Å². The highest BCUT2D eigenvalue weighted by Crippen LogP contribution is 2.29. The van der Waals surface area contributed by atoms with E-state index in [1.807, 2.05) is 0 Å². The van der Waals surface area contributed by atoms with E-state index in [1.54, 1.807) is 0 Å². The Hall–Kier alpha value is -2.30. The molecule has 2 aromatic rings. The van der Waals surface area contributed by atoms with Crippen molar-refractivity contribution in [2.75, 3.05) is 0 Å². The number of fused-ring (bicyclic) bond motifs is 1. The van der Waals surface area contributed by atoms with Gasteiger partial charge in [-0.05, 0) is 6.42 Å². The molecule has 1 N–H and O–H groups in total. The Morgan fingerprint density at radius 2 is 1.26 bits per heavy atom. The molecule has 1 heterocycles. The summed E-state index contributed by atoms with van der Waals surface area (Å²) in [7, 11) is 0. The quantitative estimate of drug-likeness (QED) is 0.122. The van der Waals surface area contributed by atoms with Gasteiger partial charge in [-0.2, -0.15) is 0 Å². The minimum absolute atomic E-state index is 0.118. The maximum atomic E-state index is 12.4. The van der Waals surface area contributed by atoms with Crippen molar-refractivity contribution in [2.45, 2.75) is 129 Å². The monoisotopic (exact) mass is 486 g/mol. The number of aromatic hydroxyl groups is 1. The Morgan fingerprint density at radius 3 is 1.74 bits per heavy atom. The molecule has 0 aliphatic heterocycles. The number of benzene rings is 1. The van der Waals surface area contributed by atoms with Gasteiger partial charge in [-0.1, -0.05) is 110 Å². The molecule has 0 atom stereocenters. The molecule has 1 aromatic heterocycles. The predicted molar refractivity (Wildman–Crippen MR) is 143 cm³/mol. The SMILES string of the molecule is CCCCCCCCCCCCCCCCCCCc1cc(=O)c2c(O)cc(OC(C)=O)cc2o1. The van der Waals surface area contributed by atoms with Crippen molar-refractivity contribution in [3.8, 4) is 11.5 Å². The number of aryl methyl sites for hydroxylation is 1. The fourth-order valence-corrected chi connectivity index (χ4v) is 4.67. The van der Waals surface area contributed by atoms with Crippen LogP contribution in [0.5, 0.6) is 11.5 Å². The largest absolute Gasteiger partial charge is 0.507 e. The van der Waals surface area contributed by atoms with Crippen LogP contribution in [-0.4, -0.2) is 11.1 Å². The second kappa shape index (κ2) is 17.2. The van der Waals surface area contributed by atoms with E-state index in [9.17, 15) is 14.7 Å². The molecule has 0 saturated carbocycles. The summed E-state index contributed by atoms with van der Waals surface area (Å²) >= 11 is 0. The average molecular weight is 487 g/mol. The molecule has 0 saturated heterocycles. The number of unbranched alkanes of at least 4 members (excludes halogenated alkanes) is 16. The predicted octanol–water partition coefficient (Wildman–Crippen LogP) is 8.62. The second-order valence-corrected chi connectivity index (χ2v) is 9.89. The minimum atomic E-state index is -0.495. The number of hydrogen-bond donors (Lipinski definition) is 1. The Balaban J connectivity index is 1.54. The lowest BCUT2D eigenvalue weighted by Gasteiger charge is -2.07. The number of ether oxygens (including phenoxy) is 1. The molecular weight excluding hydrogens is 440 g/mol. The van der Waals surface area contributed by atoms with Crippen molar-refractivity contribution in [3.05, 3.63) is 34.2 Å². The molecule has 0 spiro atoms. The van der Waals surface area contributed by atoms with Crippen LogP contribution in [0.1, 0.15) is 129 Å². The Kier molecular flexibility index (Phi) is 14.2. The first-order valence-electron chi connectivity index (χ1n) is 14.0. The highest BCUT2D eigenvalue weighted by atomic mass is 16.5. The lowest BCUT2D eigenvalue weighted by molar-refractivity contribution is -0.131. The van der Waals surface area contributed by atoms with Crippen molar-refractivity contribution >= 4 is 16.9 Å². The molecule has 0 fully saturated rings. The van der Waals surface area contributed by atoms with Gasteiger partial charge in [0.15, 0.2) is 5.43 Å². The summed E-state index contributed by atoms with van der Waals surface area (Å²) in [5.74, 6) is 0.0334.